The summed E-state index contributed by atoms with van der Waals surface area (Å²) in [5.74, 6) is 0.144. The highest BCUT2D eigenvalue weighted by Crippen LogP contribution is 2.42. The third-order valence-corrected chi connectivity index (χ3v) is 3.92. The minimum atomic E-state index is 0.144. The van der Waals surface area contributed by atoms with Gasteiger partial charge in [0.1, 0.15) is 0 Å². The molecule has 1 saturated carbocycles. The predicted molar refractivity (Wildman–Crippen MR) is 66.9 cm³/mol. The van der Waals surface area contributed by atoms with Crippen LogP contribution in [-0.2, 0) is 9.53 Å². The van der Waals surface area contributed by atoms with E-state index in [9.17, 15) is 4.79 Å². The highest BCUT2D eigenvalue weighted by Gasteiger charge is 2.42. The highest BCUT2D eigenvalue weighted by atomic mass is 16.5. The SMILES string of the molecule is CCNC(=O)CCNC1CCOC2(CCC2)C1. The molecule has 2 N–H and O–H groups in total. The molecule has 2 aliphatic rings. The van der Waals surface area contributed by atoms with Gasteiger partial charge in [-0.2, -0.15) is 0 Å². The Balaban J connectivity index is 1.63. The summed E-state index contributed by atoms with van der Waals surface area (Å²) in [5.41, 5.74) is 0.196. The first-order valence-corrected chi connectivity index (χ1v) is 6.88. The van der Waals surface area contributed by atoms with Crippen LogP contribution in [0.25, 0.3) is 0 Å². The fraction of sp³-hybridized carbons (Fsp3) is 0.923. The minimum Gasteiger partial charge on any atom is -0.375 e. The van der Waals surface area contributed by atoms with Crippen LogP contribution in [0.5, 0.6) is 0 Å². The van der Waals surface area contributed by atoms with Crippen LogP contribution in [-0.4, -0.2) is 37.2 Å². The fourth-order valence-corrected chi connectivity index (χ4v) is 2.80. The zero-order valence-electron chi connectivity index (χ0n) is 10.8. The Kier molecular flexibility index (Phi) is 4.40. The van der Waals surface area contributed by atoms with E-state index < -0.39 is 0 Å². The second-order valence-electron chi connectivity index (χ2n) is 5.23. The van der Waals surface area contributed by atoms with E-state index in [0.717, 1.165) is 32.5 Å². The average molecular weight is 240 g/mol. The molecule has 0 aromatic rings. The Bertz CT molecular complexity index is 264. The zero-order valence-corrected chi connectivity index (χ0v) is 10.8. The molecule has 0 radical (unpaired) electrons. The first-order valence-electron chi connectivity index (χ1n) is 6.88. The van der Waals surface area contributed by atoms with Crippen LogP contribution in [0.4, 0.5) is 0 Å². The van der Waals surface area contributed by atoms with E-state index in [1.165, 1.54) is 19.3 Å². The molecular weight excluding hydrogens is 216 g/mol. The molecule has 4 nitrogen and oxygen atoms in total. The molecule has 1 unspecified atom stereocenters. The molecule has 1 aliphatic carbocycles. The summed E-state index contributed by atoms with van der Waals surface area (Å²) in [7, 11) is 0. The fourth-order valence-electron chi connectivity index (χ4n) is 2.80. The summed E-state index contributed by atoms with van der Waals surface area (Å²) >= 11 is 0. The minimum absolute atomic E-state index is 0.144. The van der Waals surface area contributed by atoms with E-state index in [1.54, 1.807) is 0 Å². The predicted octanol–water partition coefficient (Wildman–Crippen LogP) is 1.20. The summed E-state index contributed by atoms with van der Waals surface area (Å²) in [6.07, 6.45) is 6.55. The topological polar surface area (TPSA) is 50.4 Å². The number of hydrogen-bond acceptors (Lipinski definition) is 3. The van der Waals surface area contributed by atoms with Gasteiger partial charge in [0.05, 0.1) is 5.60 Å². The molecule has 17 heavy (non-hydrogen) atoms. The molecule has 0 bridgehead atoms. The number of nitrogens with one attached hydrogen (secondary N) is 2. The van der Waals surface area contributed by atoms with E-state index in [1.807, 2.05) is 6.92 Å². The highest BCUT2D eigenvalue weighted by molar-refractivity contribution is 5.75. The van der Waals surface area contributed by atoms with Gasteiger partial charge in [0.25, 0.3) is 0 Å². The van der Waals surface area contributed by atoms with Gasteiger partial charge in [-0.05, 0) is 39.0 Å². The van der Waals surface area contributed by atoms with Crippen molar-refractivity contribution in [1.82, 2.24) is 10.6 Å². The molecule has 0 aromatic carbocycles. The molecule has 1 saturated heterocycles. The van der Waals surface area contributed by atoms with Gasteiger partial charge >= 0.3 is 0 Å². The molecular formula is C13H24N2O2. The molecule has 2 rings (SSSR count). The lowest BCUT2D eigenvalue weighted by Crippen LogP contribution is -2.51. The number of ether oxygens (including phenoxy) is 1. The monoisotopic (exact) mass is 240 g/mol. The number of hydrogen-bond donors (Lipinski definition) is 2. The summed E-state index contributed by atoms with van der Waals surface area (Å²) in [4.78, 5) is 11.3. The Hall–Kier alpha value is -0.610. The van der Waals surface area contributed by atoms with Crippen LogP contribution in [0.3, 0.4) is 0 Å². The van der Waals surface area contributed by atoms with Crippen LogP contribution in [0.15, 0.2) is 0 Å². The van der Waals surface area contributed by atoms with Crippen LogP contribution < -0.4 is 10.6 Å². The van der Waals surface area contributed by atoms with Gasteiger partial charge in [0.15, 0.2) is 0 Å². The van der Waals surface area contributed by atoms with Crippen LogP contribution >= 0.6 is 0 Å². The smallest absolute Gasteiger partial charge is 0.221 e. The van der Waals surface area contributed by atoms with Crippen molar-refractivity contribution in [1.29, 1.82) is 0 Å². The van der Waals surface area contributed by atoms with Crippen molar-refractivity contribution in [3.05, 3.63) is 0 Å². The Morgan fingerprint density at radius 1 is 1.47 bits per heavy atom. The van der Waals surface area contributed by atoms with Gasteiger partial charge in [-0.3, -0.25) is 4.79 Å². The molecule has 0 aromatic heterocycles. The third kappa shape index (κ3) is 3.42. The maximum atomic E-state index is 11.3. The second-order valence-corrected chi connectivity index (χ2v) is 5.23. The van der Waals surface area contributed by atoms with Gasteiger partial charge in [-0.1, -0.05) is 0 Å². The number of amides is 1. The first kappa shape index (κ1) is 12.8. The average Bonchev–Trinajstić information content (AvgIpc) is 2.28. The van der Waals surface area contributed by atoms with Crippen LogP contribution in [0.1, 0.15) is 45.4 Å². The second kappa shape index (κ2) is 5.83. The van der Waals surface area contributed by atoms with E-state index in [0.29, 0.717) is 12.5 Å². The third-order valence-electron chi connectivity index (χ3n) is 3.92. The van der Waals surface area contributed by atoms with Gasteiger partial charge in [0.2, 0.25) is 5.91 Å². The molecule has 1 spiro atoms. The van der Waals surface area contributed by atoms with Crippen molar-refractivity contribution in [3.63, 3.8) is 0 Å². The lowest BCUT2D eigenvalue weighted by Gasteiger charge is -2.47. The van der Waals surface area contributed by atoms with Gasteiger partial charge in [0, 0.05) is 32.2 Å². The van der Waals surface area contributed by atoms with Crippen LogP contribution in [0, 0.1) is 0 Å². The summed E-state index contributed by atoms with van der Waals surface area (Å²) < 4.78 is 5.88. The van der Waals surface area contributed by atoms with Crippen LogP contribution in [0.2, 0.25) is 0 Å². The summed E-state index contributed by atoms with van der Waals surface area (Å²) in [6, 6.07) is 0.540. The van der Waals surface area contributed by atoms with Crippen molar-refractivity contribution in [2.45, 2.75) is 57.1 Å². The molecule has 98 valence electrons. The lowest BCUT2D eigenvalue weighted by molar-refractivity contribution is -0.135. The standard InChI is InChI=1S/C13H24N2O2/c1-2-14-12(16)4-8-15-11-5-9-17-13(10-11)6-3-7-13/h11,15H,2-10H2,1H3,(H,14,16). The van der Waals surface area contributed by atoms with Gasteiger partial charge < -0.3 is 15.4 Å². The van der Waals surface area contributed by atoms with E-state index >= 15 is 0 Å². The largest absolute Gasteiger partial charge is 0.375 e. The molecule has 1 aliphatic heterocycles. The maximum Gasteiger partial charge on any atom is 0.221 e. The first-order chi connectivity index (χ1) is 8.24. The van der Waals surface area contributed by atoms with Crippen molar-refractivity contribution >= 4 is 5.91 Å². The normalized spacial score (nSPS) is 26.5. The van der Waals surface area contributed by atoms with Gasteiger partial charge in [-0.25, -0.2) is 0 Å². The number of rotatable bonds is 5. The Labute approximate surface area is 103 Å². The van der Waals surface area contributed by atoms with Gasteiger partial charge in [-0.15, -0.1) is 0 Å². The zero-order chi connectivity index (χ0) is 12.1. The van der Waals surface area contributed by atoms with Crippen molar-refractivity contribution in [2.24, 2.45) is 0 Å². The summed E-state index contributed by atoms with van der Waals surface area (Å²) in [5, 5.41) is 6.31. The lowest BCUT2D eigenvalue weighted by atomic mass is 9.74. The molecule has 2 fully saturated rings. The quantitative estimate of drug-likeness (QED) is 0.759. The Morgan fingerprint density at radius 2 is 2.29 bits per heavy atom. The number of carbonyl (C=O) groups excluding carboxylic acids is 1. The molecule has 1 atom stereocenters. The van der Waals surface area contributed by atoms with Crippen molar-refractivity contribution in [2.75, 3.05) is 19.7 Å². The van der Waals surface area contributed by atoms with E-state index in [-0.39, 0.29) is 11.5 Å². The van der Waals surface area contributed by atoms with Crippen molar-refractivity contribution < 1.29 is 9.53 Å². The Morgan fingerprint density at radius 3 is 2.94 bits per heavy atom. The summed E-state index contributed by atoms with van der Waals surface area (Å²) in [6.45, 7) is 4.33. The maximum absolute atomic E-state index is 11.3. The molecule has 4 heteroatoms. The molecule has 1 amide bonds. The molecule has 1 heterocycles. The number of carbonyl (C=O) groups is 1. The van der Waals surface area contributed by atoms with E-state index in [2.05, 4.69) is 10.6 Å². The van der Waals surface area contributed by atoms with E-state index in [4.69, 9.17) is 4.74 Å². The van der Waals surface area contributed by atoms with Crippen molar-refractivity contribution in [3.8, 4) is 0 Å².